The molecule has 0 fully saturated rings. The van der Waals surface area contributed by atoms with Gasteiger partial charge in [-0.25, -0.2) is 4.98 Å². The Hall–Kier alpha value is -1.36. The highest BCUT2D eigenvalue weighted by Gasteiger charge is 2.04. The third kappa shape index (κ3) is 3.30. The predicted octanol–water partition coefficient (Wildman–Crippen LogP) is 2.91. The number of halogens is 1. The van der Waals surface area contributed by atoms with E-state index in [2.05, 4.69) is 44.3 Å². The highest BCUT2D eigenvalue weighted by atomic mass is 79.9. The van der Waals surface area contributed by atoms with Crippen LogP contribution < -0.4 is 5.32 Å². The van der Waals surface area contributed by atoms with Crippen LogP contribution in [0.5, 0.6) is 0 Å². The molecule has 0 aliphatic rings. The summed E-state index contributed by atoms with van der Waals surface area (Å²) in [5, 5.41) is 7.57. The maximum Gasteiger partial charge on any atom is 0.131 e. The van der Waals surface area contributed by atoms with Gasteiger partial charge in [-0.2, -0.15) is 5.10 Å². The van der Waals surface area contributed by atoms with Crippen molar-refractivity contribution in [3.8, 4) is 0 Å². The lowest BCUT2D eigenvalue weighted by molar-refractivity contribution is 0.685. The van der Waals surface area contributed by atoms with Gasteiger partial charge in [0, 0.05) is 24.5 Å². The van der Waals surface area contributed by atoms with Crippen LogP contribution in [0, 0.1) is 0 Å². The average Bonchev–Trinajstić information content (AvgIpc) is 2.74. The molecule has 2 heterocycles. The Morgan fingerprint density at radius 2 is 2.35 bits per heavy atom. The number of hydrogen-bond acceptors (Lipinski definition) is 3. The first-order valence-corrected chi connectivity index (χ1v) is 6.44. The van der Waals surface area contributed by atoms with Gasteiger partial charge in [0.25, 0.3) is 0 Å². The molecule has 0 saturated carbocycles. The summed E-state index contributed by atoms with van der Waals surface area (Å²) in [4.78, 5) is 4.36. The molecule has 0 aliphatic carbocycles. The topological polar surface area (TPSA) is 42.7 Å². The number of anilines is 1. The predicted molar refractivity (Wildman–Crippen MR) is 72.0 cm³/mol. The summed E-state index contributed by atoms with van der Waals surface area (Å²) < 4.78 is 2.88. The molecule has 0 spiro atoms. The summed E-state index contributed by atoms with van der Waals surface area (Å²) in [5.74, 6) is 0.945. The first kappa shape index (κ1) is 12.1. The summed E-state index contributed by atoms with van der Waals surface area (Å²) in [7, 11) is 0. The lowest BCUT2D eigenvalue weighted by Crippen LogP contribution is -2.08. The van der Waals surface area contributed by atoms with Gasteiger partial charge in [-0.15, -0.1) is 0 Å². The van der Waals surface area contributed by atoms with Crippen molar-refractivity contribution in [2.24, 2.45) is 0 Å². The van der Waals surface area contributed by atoms with Crippen molar-refractivity contribution in [2.45, 2.75) is 19.9 Å². The number of pyridine rings is 1. The van der Waals surface area contributed by atoms with Crippen molar-refractivity contribution in [2.75, 3.05) is 11.9 Å². The number of hydrogen-bond donors (Lipinski definition) is 1. The minimum Gasteiger partial charge on any atom is -0.370 e. The second kappa shape index (κ2) is 5.82. The molecule has 0 amide bonds. The van der Waals surface area contributed by atoms with E-state index in [1.807, 2.05) is 16.9 Å². The van der Waals surface area contributed by atoms with Gasteiger partial charge in [-0.05, 0) is 28.4 Å². The van der Waals surface area contributed by atoms with Gasteiger partial charge in [0.15, 0.2) is 0 Å². The highest BCUT2D eigenvalue weighted by Crippen LogP contribution is 2.14. The van der Waals surface area contributed by atoms with Gasteiger partial charge in [-0.3, -0.25) is 4.68 Å². The molecule has 0 atom stereocenters. The van der Waals surface area contributed by atoms with Crippen LogP contribution in [0.2, 0.25) is 0 Å². The van der Waals surface area contributed by atoms with E-state index in [9.17, 15) is 0 Å². The molecule has 2 rings (SSSR count). The Labute approximate surface area is 109 Å². The Kier molecular flexibility index (Phi) is 4.14. The Morgan fingerprint density at radius 1 is 1.47 bits per heavy atom. The standard InChI is InChI=1S/C12H15BrN4/c1-2-5-14-12-10(4-3-6-15-12)8-17-9-11(13)7-16-17/h3-4,6-7,9H,2,5,8H2,1H3,(H,14,15). The van der Waals surface area contributed by atoms with Crippen LogP contribution in [0.4, 0.5) is 5.82 Å². The fourth-order valence-corrected chi connectivity index (χ4v) is 1.90. The molecule has 17 heavy (non-hydrogen) atoms. The van der Waals surface area contributed by atoms with Crippen molar-refractivity contribution in [1.82, 2.24) is 14.8 Å². The van der Waals surface area contributed by atoms with Gasteiger partial charge < -0.3 is 5.32 Å². The normalized spacial score (nSPS) is 10.5. The molecule has 1 N–H and O–H groups in total. The Balaban J connectivity index is 2.14. The first-order valence-electron chi connectivity index (χ1n) is 5.65. The third-order valence-electron chi connectivity index (χ3n) is 2.37. The van der Waals surface area contributed by atoms with Crippen LogP contribution in [0.3, 0.4) is 0 Å². The largest absolute Gasteiger partial charge is 0.370 e. The molecule has 2 aromatic heterocycles. The fraction of sp³-hybridized carbons (Fsp3) is 0.333. The van der Waals surface area contributed by atoms with Gasteiger partial charge in [0.2, 0.25) is 0 Å². The van der Waals surface area contributed by atoms with E-state index in [4.69, 9.17) is 0 Å². The number of nitrogens with one attached hydrogen (secondary N) is 1. The van der Waals surface area contributed by atoms with E-state index in [1.165, 1.54) is 0 Å². The number of nitrogens with zero attached hydrogens (tertiary/aromatic N) is 3. The fourth-order valence-electron chi connectivity index (χ4n) is 1.57. The first-order chi connectivity index (χ1) is 8.29. The van der Waals surface area contributed by atoms with E-state index < -0.39 is 0 Å². The zero-order chi connectivity index (χ0) is 12.1. The number of rotatable bonds is 5. The zero-order valence-corrected chi connectivity index (χ0v) is 11.3. The molecular weight excluding hydrogens is 280 g/mol. The van der Waals surface area contributed by atoms with Crippen LogP contribution >= 0.6 is 15.9 Å². The average molecular weight is 295 g/mol. The van der Waals surface area contributed by atoms with Crippen LogP contribution in [-0.2, 0) is 6.54 Å². The maximum atomic E-state index is 4.36. The third-order valence-corrected chi connectivity index (χ3v) is 2.78. The van der Waals surface area contributed by atoms with Crippen molar-refractivity contribution >= 4 is 21.7 Å². The summed E-state index contributed by atoms with van der Waals surface area (Å²) in [6.45, 7) is 3.80. The zero-order valence-electron chi connectivity index (χ0n) is 9.73. The van der Waals surface area contributed by atoms with Gasteiger partial charge in [-0.1, -0.05) is 13.0 Å². The van der Waals surface area contributed by atoms with E-state index in [0.29, 0.717) is 0 Å². The van der Waals surface area contributed by atoms with Crippen LogP contribution in [0.25, 0.3) is 0 Å². The molecule has 0 radical (unpaired) electrons. The molecular formula is C12H15BrN4. The smallest absolute Gasteiger partial charge is 0.131 e. The van der Waals surface area contributed by atoms with Crippen LogP contribution in [0.15, 0.2) is 35.2 Å². The van der Waals surface area contributed by atoms with Crippen LogP contribution in [0.1, 0.15) is 18.9 Å². The highest BCUT2D eigenvalue weighted by molar-refractivity contribution is 9.10. The summed E-state index contributed by atoms with van der Waals surface area (Å²) in [6, 6.07) is 4.02. The van der Waals surface area contributed by atoms with Crippen molar-refractivity contribution in [3.05, 3.63) is 40.8 Å². The molecule has 0 saturated heterocycles. The second-order valence-electron chi connectivity index (χ2n) is 3.79. The Morgan fingerprint density at radius 3 is 3.06 bits per heavy atom. The summed E-state index contributed by atoms with van der Waals surface area (Å²) in [5.41, 5.74) is 1.15. The lowest BCUT2D eigenvalue weighted by Gasteiger charge is -2.09. The molecule has 90 valence electrons. The SMILES string of the molecule is CCCNc1ncccc1Cn1cc(Br)cn1. The minimum absolute atomic E-state index is 0.728. The van der Waals surface area contributed by atoms with Crippen molar-refractivity contribution in [3.63, 3.8) is 0 Å². The summed E-state index contributed by atoms with van der Waals surface area (Å²) >= 11 is 3.39. The van der Waals surface area contributed by atoms with E-state index in [1.54, 1.807) is 12.4 Å². The molecule has 0 aliphatic heterocycles. The molecule has 5 heteroatoms. The van der Waals surface area contributed by atoms with Crippen LogP contribution in [-0.4, -0.2) is 21.3 Å². The quantitative estimate of drug-likeness (QED) is 0.922. The maximum absolute atomic E-state index is 4.36. The minimum atomic E-state index is 0.728. The van der Waals surface area contributed by atoms with Gasteiger partial charge in [0.1, 0.15) is 5.82 Å². The lowest BCUT2D eigenvalue weighted by atomic mass is 10.2. The molecule has 0 bridgehead atoms. The van der Waals surface area contributed by atoms with Gasteiger partial charge in [0.05, 0.1) is 17.2 Å². The number of aromatic nitrogens is 3. The molecule has 2 aromatic rings. The molecule has 4 nitrogen and oxygen atoms in total. The van der Waals surface area contributed by atoms with E-state index in [-0.39, 0.29) is 0 Å². The van der Waals surface area contributed by atoms with Gasteiger partial charge >= 0.3 is 0 Å². The second-order valence-corrected chi connectivity index (χ2v) is 4.71. The van der Waals surface area contributed by atoms with E-state index in [0.717, 1.165) is 35.4 Å². The monoisotopic (exact) mass is 294 g/mol. The van der Waals surface area contributed by atoms with Crippen molar-refractivity contribution < 1.29 is 0 Å². The molecule has 0 unspecified atom stereocenters. The summed E-state index contributed by atoms with van der Waals surface area (Å²) in [6.07, 6.45) is 6.63. The van der Waals surface area contributed by atoms with Crippen molar-refractivity contribution in [1.29, 1.82) is 0 Å². The van der Waals surface area contributed by atoms with E-state index >= 15 is 0 Å². The Bertz CT molecular complexity index is 481. The molecule has 0 aromatic carbocycles.